The van der Waals surface area contributed by atoms with Crippen LogP contribution in [-0.4, -0.2) is 45.5 Å². The lowest BCUT2D eigenvalue weighted by atomic mass is 9.86. The molecule has 4 rings (SSSR count). The van der Waals surface area contributed by atoms with E-state index in [-0.39, 0.29) is 12.0 Å². The molecule has 0 saturated carbocycles. The van der Waals surface area contributed by atoms with E-state index in [9.17, 15) is 15.2 Å². The summed E-state index contributed by atoms with van der Waals surface area (Å²) in [5, 5.41) is 29.5. The molecular weight excluding hydrogens is 460 g/mol. The van der Waals surface area contributed by atoms with E-state index in [1.165, 1.54) is 27.4 Å². The summed E-state index contributed by atoms with van der Waals surface area (Å²) in [5.41, 5.74) is 4.67. The molecule has 2 aromatic carbocycles. The van der Waals surface area contributed by atoms with Crippen molar-refractivity contribution in [2.24, 2.45) is 5.92 Å². The molecule has 0 saturated heterocycles. The first kappa shape index (κ1) is 24.7. The van der Waals surface area contributed by atoms with Gasteiger partial charge in [-0.2, -0.15) is 5.26 Å². The highest BCUT2D eigenvalue weighted by Gasteiger charge is 2.27. The van der Waals surface area contributed by atoms with Crippen molar-refractivity contribution in [1.29, 1.82) is 5.26 Å². The van der Waals surface area contributed by atoms with Crippen LogP contribution in [0.3, 0.4) is 0 Å². The molecule has 1 atom stereocenters. The Kier molecular flexibility index (Phi) is 7.37. The van der Waals surface area contributed by atoms with Crippen LogP contribution in [0, 0.1) is 17.2 Å². The third kappa shape index (κ3) is 5.63. The van der Waals surface area contributed by atoms with Gasteiger partial charge in [0.25, 0.3) is 0 Å². The first-order valence-corrected chi connectivity index (χ1v) is 12.7. The van der Waals surface area contributed by atoms with E-state index < -0.39 is 6.09 Å². The summed E-state index contributed by atoms with van der Waals surface area (Å²) >= 11 is 1.47. The molecule has 0 spiro atoms. The van der Waals surface area contributed by atoms with Crippen molar-refractivity contribution in [3.8, 4) is 33.0 Å². The number of fused-ring (bicyclic) bond motifs is 1. The minimum Gasteiger partial charge on any atom is -0.490 e. The lowest BCUT2D eigenvalue weighted by molar-refractivity contribution is 0.142. The van der Waals surface area contributed by atoms with Crippen molar-refractivity contribution in [3.63, 3.8) is 0 Å². The van der Waals surface area contributed by atoms with Crippen molar-refractivity contribution in [2.45, 2.75) is 52.6 Å². The zero-order valence-electron chi connectivity index (χ0n) is 20.5. The molecule has 1 aliphatic heterocycles. The van der Waals surface area contributed by atoms with Gasteiger partial charge in [0.2, 0.25) is 0 Å². The molecule has 0 fully saturated rings. The van der Waals surface area contributed by atoms with Crippen LogP contribution in [0.1, 0.15) is 56.7 Å². The molecule has 1 aromatic heterocycles. The Bertz CT molecular complexity index is 1260. The van der Waals surface area contributed by atoms with Gasteiger partial charge in [-0.1, -0.05) is 37.3 Å². The van der Waals surface area contributed by atoms with Gasteiger partial charge >= 0.3 is 6.09 Å². The van der Waals surface area contributed by atoms with Crippen LogP contribution in [0.4, 0.5) is 4.79 Å². The Labute approximate surface area is 210 Å². The van der Waals surface area contributed by atoms with E-state index >= 15 is 0 Å². The van der Waals surface area contributed by atoms with Gasteiger partial charge in [0.1, 0.15) is 21.8 Å². The van der Waals surface area contributed by atoms with Crippen LogP contribution in [0.15, 0.2) is 36.4 Å². The third-order valence-corrected chi connectivity index (χ3v) is 7.10. The minimum absolute atomic E-state index is 0.0167. The molecular formula is C27H30N4O3S. The number of benzene rings is 2. The van der Waals surface area contributed by atoms with Gasteiger partial charge in [0, 0.05) is 30.1 Å². The van der Waals surface area contributed by atoms with Gasteiger partial charge in [0.15, 0.2) is 0 Å². The summed E-state index contributed by atoms with van der Waals surface area (Å²) in [4.78, 5) is 13.3. The van der Waals surface area contributed by atoms with Crippen molar-refractivity contribution < 1.29 is 14.6 Å². The lowest BCUT2D eigenvalue weighted by Gasteiger charge is -2.24. The third-order valence-electron chi connectivity index (χ3n) is 6.08. The summed E-state index contributed by atoms with van der Waals surface area (Å²) in [7, 11) is 0. The maximum absolute atomic E-state index is 11.7. The monoisotopic (exact) mass is 490 g/mol. The molecule has 0 bridgehead atoms. The summed E-state index contributed by atoms with van der Waals surface area (Å²) in [6, 6.07) is 14.0. The smallest absolute Gasteiger partial charge is 0.407 e. The van der Waals surface area contributed by atoms with E-state index in [1.54, 1.807) is 12.1 Å². The standard InChI is InChI=1S/C27H30N4O3S/c1-16(2)11-22-15-31(27(32)33)10-9-18-12-19(5-7-23(18)22)25-29-30-26(35-25)20-6-8-24(34-17(3)4)21(13-20)14-28/h5-8,12-13,16-17,22H,9-11,15H2,1-4H3,(H,32,33). The van der Waals surface area contributed by atoms with Gasteiger partial charge in [0.05, 0.1) is 11.7 Å². The van der Waals surface area contributed by atoms with Gasteiger partial charge < -0.3 is 14.7 Å². The van der Waals surface area contributed by atoms with Gasteiger partial charge in [-0.15, -0.1) is 10.2 Å². The van der Waals surface area contributed by atoms with Crippen LogP contribution in [0.2, 0.25) is 0 Å². The van der Waals surface area contributed by atoms with Crippen LogP contribution < -0.4 is 4.74 Å². The lowest BCUT2D eigenvalue weighted by Crippen LogP contribution is -2.33. The molecule has 2 heterocycles. The molecule has 7 nitrogen and oxygen atoms in total. The minimum atomic E-state index is -0.859. The fraction of sp³-hybridized carbons (Fsp3) is 0.407. The maximum Gasteiger partial charge on any atom is 0.407 e. The molecule has 0 radical (unpaired) electrons. The normalized spacial score (nSPS) is 15.6. The predicted molar refractivity (Wildman–Crippen MR) is 137 cm³/mol. The van der Waals surface area contributed by atoms with E-state index in [2.05, 4.69) is 48.3 Å². The Hall–Kier alpha value is -3.44. The summed E-state index contributed by atoms with van der Waals surface area (Å²) < 4.78 is 5.72. The van der Waals surface area contributed by atoms with Crippen LogP contribution >= 0.6 is 11.3 Å². The highest BCUT2D eigenvalue weighted by Crippen LogP contribution is 2.36. The number of hydrogen-bond donors (Lipinski definition) is 1. The van der Waals surface area contributed by atoms with Crippen LogP contribution in [-0.2, 0) is 6.42 Å². The number of amides is 1. The Balaban J connectivity index is 1.63. The second-order valence-electron chi connectivity index (χ2n) is 9.62. The average molecular weight is 491 g/mol. The highest BCUT2D eigenvalue weighted by molar-refractivity contribution is 7.17. The number of aromatic nitrogens is 2. The van der Waals surface area contributed by atoms with E-state index in [4.69, 9.17) is 4.74 Å². The number of nitriles is 1. The number of hydrogen-bond acceptors (Lipinski definition) is 6. The Morgan fingerprint density at radius 3 is 2.49 bits per heavy atom. The van der Waals surface area contributed by atoms with Crippen molar-refractivity contribution in [1.82, 2.24) is 15.1 Å². The van der Waals surface area contributed by atoms with Crippen LogP contribution in [0.5, 0.6) is 5.75 Å². The number of nitrogens with zero attached hydrogens (tertiary/aromatic N) is 4. The van der Waals surface area contributed by atoms with Crippen molar-refractivity contribution >= 4 is 17.4 Å². The fourth-order valence-electron chi connectivity index (χ4n) is 4.57. The molecule has 1 N–H and O–H groups in total. The number of carboxylic acid groups (broad SMARTS) is 1. The molecule has 1 unspecified atom stereocenters. The van der Waals surface area contributed by atoms with E-state index in [0.717, 1.165) is 27.6 Å². The first-order chi connectivity index (χ1) is 16.7. The number of ether oxygens (including phenoxy) is 1. The van der Waals surface area contributed by atoms with Crippen LogP contribution in [0.25, 0.3) is 21.1 Å². The molecule has 35 heavy (non-hydrogen) atoms. The number of carbonyl (C=O) groups is 1. The summed E-state index contributed by atoms with van der Waals surface area (Å²) in [6.45, 7) is 9.22. The molecule has 1 amide bonds. The number of rotatable bonds is 6. The Morgan fingerprint density at radius 1 is 1.17 bits per heavy atom. The quantitative estimate of drug-likeness (QED) is 0.442. The topological polar surface area (TPSA) is 99.3 Å². The van der Waals surface area contributed by atoms with Gasteiger partial charge in [-0.3, -0.25) is 0 Å². The van der Waals surface area contributed by atoms with Gasteiger partial charge in [-0.25, -0.2) is 4.79 Å². The molecule has 8 heteroatoms. The highest BCUT2D eigenvalue weighted by atomic mass is 32.1. The molecule has 0 aliphatic carbocycles. The van der Waals surface area contributed by atoms with Crippen molar-refractivity contribution in [2.75, 3.05) is 13.1 Å². The largest absolute Gasteiger partial charge is 0.490 e. The zero-order chi connectivity index (χ0) is 25.1. The summed E-state index contributed by atoms with van der Waals surface area (Å²) in [5.74, 6) is 1.22. The summed E-state index contributed by atoms with van der Waals surface area (Å²) in [6.07, 6.45) is 0.745. The molecule has 3 aromatic rings. The molecule has 1 aliphatic rings. The average Bonchev–Trinajstić information content (AvgIpc) is 3.23. The predicted octanol–water partition coefficient (Wildman–Crippen LogP) is 6.20. The fourth-order valence-corrected chi connectivity index (χ4v) is 5.41. The second kappa shape index (κ2) is 10.4. The Morgan fingerprint density at radius 2 is 1.86 bits per heavy atom. The maximum atomic E-state index is 11.7. The first-order valence-electron chi connectivity index (χ1n) is 11.9. The van der Waals surface area contributed by atoms with Crippen molar-refractivity contribution in [3.05, 3.63) is 53.1 Å². The zero-order valence-corrected chi connectivity index (χ0v) is 21.3. The van der Waals surface area contributed by atoms with E-state index in [0.29, 0.717) is 36.7 Å². The second-order valence-corrected chi connectivity index (χ2v) is 10.6. The van der Waals surface area contributed by atoms with E-state index in [1.807, 2.05) is 19.9 Å². The molecule has 182 valence electrons. The SMILES string of the molecule is CC(C)CC1CN(C(=O)O)CCc2cc(-c3nnc(-c4ccc(OC(C)C)c(C#N)c4)s3)ccc21. The van der Waals surface area contributed by atoms with Gasteiger partial charge in [-0.05, 0) is 68.0 Å².